The number of hydrogen-bond donors (Lipinski definition) is 1. The van der Waals surface area contributed by atoms with Crippen LogP contribution in [0.1, 0.15) is 15.3 Å². The van der Waals surface area contributed by atoms with Crippen LogP contribution in [0.15, 0.2) is 6.07 Å². The van der Waals surface area contributed by atoms with E-state index < -0.39 is 10.3 Å². The first kappa shape index (κ1) is 10.6. The molecule has 0 fully saturated rings. The van der Waals surface area contributed by atoms with Crippen LogP contribution >= 0.6 is 11.3 Å². The summed E-state index contributed by atoms with van der Waals surface area (Å²) in [5.41, 5.74) is 0.872. The first-order valence-corrected chi connectivity index (χ1v) is 5.90. The lowest BCUT2D eigenvalue weighted by atomic mass is 10.3. The first-order valence-electron chi connectivity index (χ1n) is 3.61. The quantitative estimate of drug-likeness (QED) is 0.830. The second-order valence-corrected chi connectivity index (χ2v) is 5.38. The van der Waals surface area contributed by atoms with Crippen molar-refractivity contribution in [2.24, 2.45) is 5.14 Å². The highest BCUT2D eigenvalue weighted by Crippen LogP contribution is 2.21. The van der Waals surface area contributed by atoms with E-state index in [9.17, 15) is 8.42 Å². The molecule has 0 aliphatic carbocycles. The Balaban J connectivity index is 2.70. The van der Waals surface area contributed by atoms with Gasteiger partial charge in [0.1, 0.15) is 0 Å². The van der Waals surface area contributed by atoms with E-state index in [2.05, 4.69) is 4.18 Å². The molecule has 0 saturated heterocycles. The fourth-order valence-corrected chi connectivity index (χ4v) is 2.20. The molecule has 0 saturated carbocycles. The van der Waals surface area contributed by atoms with Crippen molar-refractivity contribution in [3.63, 3.8) is 0 Å². The van der Waals surface area contributed by atoms with Crippen LogP contribution in [0.2, 0.25) is 0 Å². The van der Waals surface area contributed by atoms with Gasteiger partial charge in [-0.3, -0.25) is 4.18 Å². The predicted octanol–water partition coefficient (Wildman–Crippen LogP) is 1.09. The monoisotopic (exact) mass is 221 g/mol. The van der Waals surface area contributed by atoms with E-state index in [0.717, 1.165) is 15.3 Å². The molecule has 0 atom stereocenters. The Morgan fingerprint density at radius 1 is 1.54 bits per heavy atom. The van der Waals surface area contributed by atoms with Crippen molar-refractivity contribution in [2.45, 2.75) is 20.5 Å². The molecule has 1 rings (SSSR count). The van der Waals surface area contributed by atoms with Crippen molar-refractivity contribution < 1.29 is 12.6 Å². The smallest absolute Gasteiger partial charge is 0.253 e. The van der Waals surface area contributed by atoms with E-state index >= 15 is 0 Å². The lowest BCUT2D eigenvalue weighted by Crippen LogP contribution is -2.15. The molecular weight excluding hydrogens is 210 g/mol. The van der Waals surface area contributed by atoms with Crippen molar-refractivity contribution in [3.8, 4) is 0 Å². The maximum absolute atomic E-state index is 10.5. The van der Waals surface area contributed by atoms with Gasteiger partial charge in [-0.15, -0.1) is 11.3 Å². The van der Waals surface area contributed by atoms with Crippen molar-refractivity contribution >= 4 is 21.6 Å². The standard InChI is InChI=1S/C7H11NO3S2/c1-5-3-7(6(2)12-5)4-11-13(8,9)10/h3H,4H2,1-2H3,(H2,8,9,10). The summed E-state index contributed by atoms with van der Waals surface area (Å²) in [6, 6.07) is 1.89. The molecule has 74 valence electrons. The average molecular weight is 221 g/mol. The van der Waals surface area contributed by atoms with E-state index in [-0.39, 0.29) is 6.61 Å². The number of thiophene rings is 1. The van der Waals surface area contributed by atoms with Gasteiger partial charge in [-0.05, 0) is 25.5 Å². The predicted molar refractivity (Wildman–Crippen MR) is 51.7 cm³/mol. The van der Waals surface area contributed by atoms with E-state index in [1.165, 1.54) is 0 Å². The molecule has 2 N–H and O–H groups in total. The number of rotatable bonds is 3. The molecule has 13 heavy (non-hydrogen) atoms. The Bertz CT molecular complexity index is 394. The minimum absolute atomic E-state index is 0.0228. The molecule has 0 unspecified atom stereocenters. The van der Waals surface area contributed by atoms with E-state index in [1.54, 1.807) is 11.3 Å². The molecule has 4 nitrogen and oxygen atoms in total. The molecule has 0 aliphatic heterocycles. The lowest BCUT2D eigenvalue weighted by molar-refractivity contribution is 0.308. The van der Waals surface area contributed by atoms with Crippen LogP contribution in [0.25, 0.3) is 0 Å². The van der Waals surface area contributed by atoms with E-state index in [4.69, 9.17) is 5.14 Å². The highest BCUT2D eigenvalue weighted by Gasteiger charge is 2.07. The van der Waals surface area contributed by atoms with Gasteiger partial charge in [0.15, 0.2) is 0 Å². The minimum atomic E-state index is -3.83. The summed E-state index contributed by atoms with van der Waals surface area (Å²) in [5, 5.41) is 4.69. The zero-order chi connectivity index (χ0) is 10.1. The van der Waals surface area contributed by atoms with E-state index in [0.29, 0.717) is 0 Å². The van der Waals surface area contributed by atoms with Crippen LogP contribution in [-0.4, -0.2) is 8.42 Å². The Morgan fingerprint density at radius 3 is 2.54 bits per heavy atom. The minimum Gasteiger partial charge on any atom is -0.253 e. The Labute approximate surface area is 81.6 Å². The van der Waals surface area contributed by atoms with Gasteiger partial charge < -0.3 is 0 Å². The van der Waals surface area contributed by atoms with Crippen molar-refractivity contribution in [2.75, 3.05) is 0 Å². The van der Waals surface area contributed by atoms with Crippen LogP contribution in [0, 0.1) is 13.8 Å². The second-order valence-electron chi connectivity index (χ2n) is 2.69. The Kier molecular flexibility index (Phi) is 3.07. The second kappa shape index (κ2) is 3.75. The molecule has 0 aliphatic rings. The SMILES string of the molecule is Cc1cc(COS(N)(=O)=O)c(C)s1. The third kappa shape index (κ3) is 3.43. The molecule has 0 amide bonds. The summed E-state index contributed by atoms with van der Waals surface area (Å²) in [6.07, 6.45) is 0. The van der Waals surface area contributed by atoms with Crippen molar-refractivity contribution in [1.82, 2.24) is 0 Å². The van der Waals surface area contributed by atoms with Gasteiger partial charge in [0.25, 0.3) is 0 Å². The Morgan fingerprint density at radius 2 is 2.15 bits per heavy atom. The molecular formula is C7H11NO3S2. The highest BCUT2D eigenvalue weighted by atomic mass is 32.2. The van der Waals surface area contributed by atoms with Crippen LogP contribution in [0.4, 0.5) is 0 Å². The third-order valence-electron chi connectivity index (χ3n) is 1.52. The van der Waals surface area contributed by atoms with Crippen LogP contribution in [0.3, 0.4) is 0 Å². The zero-order valence-corrected chi connectivity index (χ0v) is 9.04. The van der Waals surface area contributed by atoms with Crippen LogP contribution < -0.4 is 5.14 Å². The van der Waals surface area contributed by atoms with Gasteiger partial charge in [0.05, 0.1) is 6.61 Å². The van der Waals surface area contributed by atoms with Gasteiger partial charge in [0.2, 0.25) is 0 Å². The van der Waals surface area contributed by atoms with E-state index in [1.807, 2.05) is 19.9 Å². The third-order valence-corrected chi connectivity index (χ3v) is 2.98. The molecule has 1 aromatic heterocycles. The fraction of sp³-hybridized carbons (Fsp3) is 0.429. The van der Waals surface area contributed by atoms with Crippen LogP contribution in [-0.2, 0) is 21.1 Å². The maximum Gasteiger partial charge on any atom is 0.333 e. The molecule has 0 aromatic carbocycles. The summed E-state index contributed by atoms with van der Waals surface area (Å²) in [5.74, 6) is 0. The van der Waals surface area contributed by atoms with Crippen molar-refractivity contribution in [1.29, 1.82) is 0 Å². The first-order chi connectivity index (χ1) is 5.88. The molecule has 0 spiro atoms. The average Bonchev–Trinajstić information content (AvgIpc) is 2.24. The lowest BCUT2D eigenvalue weighted by Gasteiger charge is -1.98. The van der Waals surface area contributed by atoms with Crippen molar-refractivity contribution in [3.05, 3.63) is 21.4 Å². The van der Waals surface area contributed by atoms with Gasteiger partial charge in [-0.1, -0.05) is 0 Å². The van der Waals surface area contributed by atoms with Crippen LogP contribution in [0.5, 0.6) is 0 Å². The summed E-state index contributed by atoms with van der Waals surface area (Å²) in [6.45, 7) is 3.90. The highest BCUT2D eigenvalue weighted by molar-refractivity contribution is 7.84. The van der Waals surface area contributed by atoms with Gasteiger partial charge in [-0.2, -0.15) is 8.42 Å². The number of nitrogens with two attached hydrogens (primary N) is 1. The van der Waals surface area contributed by atoms with Gasteiger partial charge in [0, 0.05) is 9.75 Å². The topological polar surface area (TPSA) is 69.4 Å². The molecule has 1 heterocycles. The van der Waals surface area contributed by atoms with Gasteiger partial charge in [-0.25, -0.2) is 5.14 Å². The summed E-state index contributed by atoms with van der Waals surface area (Å²) >= 11 is 1.60. The fourth-order valence-electron chi connectivity index (χ4n) is 0.972. The molecule has 1 aromatic rings. The van der Waals surface area contributed by atoms with Gasteiger partial charge >= 0.3 is 10.3 Å². The number of hydrogen-bond acceptors (Lipinski definition) is 4. The largest absolute Gasteiger partial charge is 0.333 e. The Hall–Kier alpha value is -0.430. The summed E-state index contributed by atoms with van der Waals surface area (Å²) in [7, 11) is -3.83. The normalized spacial score (nSPS) is 11.9. The maximum atomic E-state index is 10.5. The number of aryl methyl sites for hydroxylation is 2. The summed E-state index contributed by atoms with van der Waals surface area (Å²) < 4.78 is 25.4. The molecule has 0 radical (unpaired) electrons. The molecule has 6 heteroatoms. The zero-order valence-electron chi connectivity index (χ0n) is 7.40. The molecule has 0 bridgehead atoms. The summed E-state index contributed by atoms with van der Waals surface area (Å²) in [4.78, 5) is 2.19.